The maximum absolute atomic E-state index is 12.9. The van der Waals surface area contributed by atoms with E-state index in [9.17, 15) is 9.90 Å². The summed E-state index contributed by atoms with van der Waals surface area (Å²) < 4.78 is 5.86. The predicted molar refractivity (Wildman–Crippen MR) is 118 cm³/mol. The second-order valence-corrected chi connectivity index (χ2v) is 10.0. The molecule has 0 radical (unpaired) electrons. The molecule has 3 aliphatic rings. The largest absolute Gasteiger partial charge is 0.461 e. The van der Waals surface area contributed by atoms with Crippen molar-refractivity contribution in [2.45, 2.75) is 97.7 Å². The first-order valence-electron chi connectivity index (χ1n) is 12.2. The number of nitrogens with zero attached hydrogens (tertiary/aromatic N) is 1. The molecule has 29 heavy (non-hydrogen) atoms. The molecule has 0 amide bonds. The lowest BCUT2D eigenvalue weighted by Gasteiger charge is -2.52. The van der Waals surface area contributed by atoms with Crippen LogP contribution < -0.4 is 0 Å². The Kier molecular flexibility index (Phi) is 7.83. The van der Waals surface area contributed by atoms with Crippen molar-refractivity contribution in [3.05, 3.63) is 11.6 Å². The molecule has 4 heteroatoms. The molecule has 1 N–H and O–H groups in total. The Balaban J connectivity index is 1.75. The van der Waals surface area contributed by atoms with Crippen LogP contribution in [0, 0.1) is 23.2 Å². The van der Waals surface area contributed by atoms with Gasteiger partial charge in [0.05, 0.1) is 12.0 Å². The number of esters is 1. The van der Waals surface area contributed by atoms with Crippen molar-refractivity contribution >= 4 is 5.97 Å². The first-order valence-corrected chi connectivity index (χ1v) is 12.2. The molecule has 1 heterocycles. The normalized spacial score (nSPS) is 36.6. The van der Waals surface area contributed by atoms with Crippen LogP contribution in [0.1, 0.15) is 85.5 Å². The van der Waals surface area contributed by atoms with Gasteiger partial charge in [-0.25, -0.2) is 0 Å². The number of carbonyl (C=O) groups is 1. The first kappa shape index (κ1) is 22.8. The highest BCUT2D eigenvalue weighted by atomic mass is 16.6. The molecule has 2 fully saturated rings. The minimum Gasteiger partial charge on any atom is -0.461 e. The average Bonchev–Trinajstić information content (AvgIpc) is 3.00. The molecule has 6 atom stereocenters. The third kappa shape index (κ3) is 4.58. The van der Waals surface area contributed by atoms with Crippen molar-refractivity contribution in [1.29, 1.82) is 0 Å². The lowest BCUT2D eigenvalue weighted by atomic mass is 9.55. The van der Waals surface area contributed by atoms with E-state index < -0.39 is 6.10 Å². The summed E-state index contributed by atoms with van der Waals surface area (Å²) in [4.78, 5) is 15.4. The fourth-order valence-corrected chi connectivity index (χ4v) is 6.02. The highest BCUT2D eigenvalue weighted by molar-refractivity contribution is 5.76. The Hall–Kier alpha value is -0.870. The maximum atomic E-state index is 12.9. The third-order valence-electron chi connectivity index (χ3n) is 8.18. The molecular formula is C25H43NO3. The summed E-state index contributed by atoms with van der Waals surface area (Å²) in [5.74, 6) is 0.112. The van der Waals surface area contributed by atoms with Crippen LogP contribution in [0.15, 0.2) is 11.6 Å². The third-order valence-corrected chi connectivity index (χ3v) is 8.18. The molecule has 0 spiro atoms. The summed E-state index contributed by atoms with van der Waals surface area (Å²) in [5, 5.41) is 11.5. The van der Waals surface area contributed by atoms with Crippen molar-refractivity contribution < 1.29 is 14.6 Å². The van der Waals surface area contributed by atoms with Gasteiger partial charge in [-0.3, -0.25) is 4.79 Å². The van der Waals surface area contributed by atoms with Crippen LogP contribution >= 0.6 is 0 Å². The summed E-state index contributed by atoms with van der Waals surface area (Å²) in [5.41, 5.74) is 1.11. The Morgan fingerprint density at radius 1 is 1.17 bits per heavy atom. The molecule has 0 aromatic heterocycles. The molecule has 0 aromatic rings. The first-order chi connectivity index (χ1) is 13.9. The van der Waals surface area contributed by atoms with E-state index in [2.05, 4.69) is 38.7 Å². The SMILES string of the molecule is CCCCCN(CCCCC)C[C@@H]1C(=O)O[C@H]2CC3=CCC[C@@H](C)[C@]3(C)[C@@H](O)[C@@H]21. The van der Waals surface area contributed by atoms with Crippen molar-refractivity contribution in [3.8, 4) is 0 Å². The zero-order valence-corrected chi connectivity index (χ0v) is 19.2. The molecule has 0 aromatic carbocycles. The molecule has 1 saturated heterocycles. The van der Waals surface area contributed by atoms with Crippen LogP contribution in [0.5, 0.6) is 0 Å². The van der Waals surface area contributed by atoms with Crippen molar-refractivity contribution in [2.75, 3.05) is 19.6 Å². The number of hydrogen-bond donors (Lipinski definition) is 1. The standard InChI is InChI=1S/C25H43NO3/c1-5-7-9-14-26(15-10-8-6-2)17-20-22-21(29-24(20)28)16-19-13-11-12-18(3)25(19,4)23(22)27/h13,18,20-23,27H,5-12,14-17H2,1-4H3/t18-,20+,21+,22-,23+,25+/m1/s1. The summed E-state index contributed by atoms with van der Waals surface area (Å²) in [6.07, 6.45) is 11.9. The second kappa shape index (κ2) is 9.96. The Labute approximate surface area is 178 Å². The van der Waals surface area contributed by atoms with Crippen LogP contribution in [-0.2, 0) is 9.53 Å². The fraction of sp³-hybridized carbons (Fsp3) is 0.880. The molecule has 0 bridgehead atoms. The molecule has 1 saturated carbocycles. The van der Waals surface area contributed by atoms with Gasteiger partial charge in [-0.15, -0.1) is 0 Å². The summed E-state index contributed by atoms with van der Waals surface area (Å²) >= 11 is 0. The van der Waals surface area contributed by atoms with Crippen LogP contribution in [-0.4, -0.2) is 47.8 Å². The predicted octanol–water partition coefficient (Wildman–Crippen LogP) is 4.95. The van der Waals surface area contributed by atoms with Gasteiger partial charge < -0.3 is 14.7 Å². The van der Waals surface area contributed by atoms with Gasteiger partial charge >= 0.3 is 5.97 Å². The van der Waals surface area contributed by atoms with E-state index in [1.807, 2.05) is 0 Å². The lowest BCUT2D eigenvalue weighted by molar-refractivity contribution is -0.145. The molecule has 4 nitrogen and oxygen atoms in total. The van der Waals surface area contributed by atoms with Gasteiger partial charge in [0.25, 0.3) is 0 Å². The Morgan fingerprint density at radius 2 is 1.83 bits per heavy atom. The van der Waals surface area contributed by atoms with Crippen LogP contribution in [0.25, 0.3) is 0 Å². The zero-order valence-electron chi connectivity index (χ0n) is 19.2. The number of allylic oxidation sites excluding steroid dienone is 1. The van der Waals surface area contributed by atoms with E-state index in [1.54, 1.807) is 0 Å². The number of carbonyl (C=O) groups excluding carboxylic acids is 1. The summed E-state index contributed by atoms with van der Waals surface area (Å²) in [7, 11) is 0. The minimum absolute atomic E-state index is 0.0648. The van der Waals surface area contributed by atoms with Crippen molar-refractivity contribution in [2.24, 2.45) is 23.2 Å². The molecule has 1 aliphatic heterocycles. The van der Waals surface area contributed by atoms with Crippen molar-refractivity contribution in [1.82, 2.24) is 4.90 Å². The number of fused-ring (bicyclic) bond motifs is 2. The quantitative estimate of drug-likeness (QED) is 0.317. The summed E-state index contributed by atoms with van der Waals surface area (Å²) in [6.45, 7) is 11.8. The van der Waals surface area contributed by atoms with E-state index in [1.165, 1.54) is 44.1 Å². The van der Waals surface area contributed by atoms with Gasteiger partial charge in [0, 0.05) is 24.3 Å². The van der Waals surface area contributed by atoms with Crippen molar-refractivity contribution in [3.63, 3.8) is 0 Å². The van der Waals surface area contributed by atoms with Crippen LogP contribution in [0.3, 0.4) is 0 Å². The van der Waals surface area contributed by atoms with Gasteiger partial charge in [-0.1, -0.05) is 65.0 Å². The highest BCUT2D eigenvalue weighted by Gasteiger charge is 2.59. The fourth-order valence-electron chi connectivity index (χ4n) is 6.02. The number of unbranched alkanes of at least 4 members (excludes halogenated alkanes) is 4. The molecule has 166 valence electrons. The number of rotatable bonds is 10. The average molecular weight is 406 g/mol. The number of aliphatic hydroxyl groups excluding tert-OH is 1. The zero-order chi connectivity index (χ0) is 21.0. The Morgan fingerprint density at radius 3 is 2.45 bits per heavy atom. The molecular weight excluding hydrogens is 362 g/mol. The smallest absolute Gasteiger partial charge is 0.311 e. The van der Waals surface area contributed by atoms with E-state index >= 15 is 0 Å². The number of hydrogen-bond acceptors (Lipinski definition) is 4. The topological polar surface area (TPSA) is 49.8 Å². The maximum Gasteiger partial charge on any atom is 0.311 e. The molecule has 2 aliphatic carbocycles. The van der Waals surface area contributed by atoms with E-state index in [0.717, 1.165) is 38.9 Å². The van der Waals surface area contributed by atoms with Crippen LogP contribution in [0.2, 0.25) is 0 Å². The molecule has 0 unspecified atom stereocenters. The number of ether oxygens (including phenoxy) is 1. The number of aliphatic hydroxyl groups is 1. The molecule has 3 rings (SSSR count). The van der Waals surface area contributed by atoms with Gasteiger partial charge in [-0.2, -0.15) is 0 Å². The van der Waals surface area contributed by atoms with Gasteiger partial charge in [0.2, 0.25) is 0 Å². The van der Waals surface area contributed by atoms with E-state index in [0.29, 0.717) is 5.92 Å². The van der Waals surface area contributed by atoms with Gasteiger partial charge in [0.1, 0.15) is 6.10 Å². The highest BCUT2D eigenvalue weighted by Crippen LogP contribution is 2.56. The monoisotopic (exact) mass is 405 g/mol. The second-order valence-electron chi connectivity index (χ2n) is 10.0. The van der Waals surface area contributed by atoms with Crippen LogP contribution in [0.4, 0.5) is 0 Å². The lowest BCUT2D eigenvalue weighted by Crippen LogP contribution is -2.54. The summed E-state index contributed by atoms with van der Waals surface area (Å²) in [6, 6.07) is 0. The Bertz CT molecular complexity index is 579. The minimum atomic E-state index is -0.493. The van der Waals surface area contributed by atoms with E-state index in [4.69, 9.17) is 4.74 Å². The van der Waals surface area contributed by atoms with E-state index in [-0.39, 0.29) is 29.3 Å². The van der Waals surface area contributed by atoms with Gasteiger partial charge in [-0.05, 0) is 44.7 Å². The van der Waals surface area contributed by atoms with Gasteiger partial charge in [0.15, 0.2) is 0 Å².